The van der Waals surface area contributed by atoms with Gasteiger partial charge in [0.1, 0.15) is 0 Å². The molecule has 0 aromatic carbocycles. The van der Waals surface area contributed by atoms with Crippen LogP contribution in [-0.2, 0) is 11.2 Å². The smallest absolute Gasteiger partial charge is 0.240 e. The summed E-state index contributed by atoms with van der Waals surface area (Å²) in [5.74, 6) is 2.11. The van der Waals surface area contributed by atoms with E-state index in [1.54, 1.807) is 18.5 Å². The van der Waals surface area contributed by atoms with Gasteiger partial charge >= 0.3 is 0 Å². The molecule has 26 heavy (non-hydrogen) atoms. The van der Waals surface area contributed by atoms with Crippen LogP contribution >= 0.6 is 0 Å². The lowest BCUT2D eigenvalue weighted by Crippen LogP contribution is -2.37. The third-order valence-corrected chi connectivity index (χ3v) is 4.98. The second kappa shape index (κ2) is 9.40. The van der Waals surface area contributed by atoms with Gasteiger partial charge in [-0.2, -0.15) is 4.98 Å². The van der Waals surface area contributed by atoms with Crippen LogP contribution in [0.15, 0.2) is 23.0 Å². The van der Waals surface area contributed by atoms with Gasteiger partial charge in [0.2, 0.25) is 23.4 Å². The number of unbranched alkanes of at least 4 members (excludes halogenated alkanes) is 1. The van der Waals surface area contributed by atoms with Gasteiger partial charge in [0, 0.05) is 31.3 Å². The Morgan fingerprint density at radius 2 is 1.96 bits per heavy atom. The first-order valence-electron chi connectivity index (χ1n) is 9.64. The summed E-state index contributed by atoms with van der Waals surface area (Å²) in [6, 6.07) is 2.04. The lowest BCUT2D eigenvalue weighted by molar-refractivity contribution is -0.122. The van der Waals surface area contributed by atoms with Gasteiger partial charge in [-0.05, 0) is 37.7 Å². The Balaban J connectivity index is 1.39. The fourth-order valence-corrected chi connectivity index (χ4v) is 3.47. The first-order chi connectivity index (χ1) is 12.7. The predicted molar refractivity (Wildman–Crippen MR) is 97.1 cm³/mol. The summed E-state index contributed by atoms with van der Waals surface area (Å²) >= 11 is 0. The Hall–Kier alpha value is -2.31. The van der Waals surface area contributed by atoms with Crippen molar-refractivity contribution in [2.75, 3.05) is 0 Å². The minimum absolute atomic E-state index is 0.0534. The molecule has 2 aromatic heterocycles. The second-order valence-electron chi connectivity index (χ2n) is 7.01. The molecule has 2 heterocycles. The van der Waals surface area contributed by atoms with Gasteiger partial charge in [0.05, 0.1) is 0 Å². The number of nitrogens with one attached hydrogen (secondary N) is 1. The number of nitrogens with zero attached hydrogens (tertiary/aromatic N) is 4. The first-order valence-corrected chi connectivity index (χ1v) is 9.64. The minimum Gasteiger partial charge on any atom is -0.353 e. The molecule has 0 unspecified atom stereocenters. The van der Waals surface area contributed by atoms with E-state index >= 15 is 0 Å². The van der Waals surface area contributed by atoms with Gasteiger partial charge in [-0.15, -0.1) is 0 Å². The molecule has 140 valence electrons. The van der Waals surface area contributed by atoms with E-state index in [1.165, 1.54) is 32.1 Å². The number of carbonyl (C=O) groups is 1. The molecular weight excluding hydrogens is 330 g/mol. The topological polar surface area (TPSA) is 93.8 Å². The molecule has 1 N–H and O–H groups in total. The summed E-state index contributed by atoms with van der Waals surface area (Å²) in [6.07, 6.45) is 12.6. The number of hydrogen-bond acceptors (Lipinski definition) is 6. The highest BCUT2D eigenvalue weighted by atomic mass is 16.5. The van der Waals surface area contributed by atoms with E-state index in [-0.39, 0.29) is 5.91 Å². The van der Waals surface area contributed by atoms with Crippen molar-refractivity contribution < 1.29 is 9.32 Å². The molecule has 0 saturated heterocycles. The molecule has 3 rings (SSSR count). The Labute approximate surface area is 154 Å². The number of aryl methyl sites for hydroxylation is 1. The number of aromatic nitrogens is 4. The van der Waals surface area contributed by atoms with Crippen LogP contribution in [0, 0.1) is 5.92 Å². The zero-order valence-corrected chi connectivity index (χ0v) is 15.4. The standard InChI is InChI=1S/C19H27N5O2/c1-2-3-5-14-6-8-15(9-7-14)22-16(25)10-11-17-23-19(24-26-17)18-20-12-4-13-21-18/h4,12-15H,2-3,5-11H2,1H3,(H,22,25). The van der Waals surface area contributed by atoms with Crippen molar-refractivity contribution in [3.63, 3.8) is 0 Å². The van der Waals surface area contributed by atoms with E-state index < -0.39 is 0 Å². The molecular formula is C19H27N5O2. The Morgan fingerprint density at radius 3 is 2.69 bits per heavy atom. The third-order valence-electron chi connectivity index (χ3n) is 4.98. The molecule has 1 amide bonds. The number of rotatable bonds is 8. The highest BCUT2D eigenvalue weighted by Crippen LogP contribution is 2.28. The molecule has 7 heteroatoms. The average molecular weight is 357 g/mol. The number of amides is 1. The Kier molecular flexibility index (Phi) is 6.68. The van der Waals surface area contributed by atoms with Gasteiger partial charge < -0.3 is 9.84 Å². The average Bonchev–Trinajstić information content (AvgIpc) is 3.16. The summed E-state index contributed by atoms with van der Waals surface area (Å²) in [6.45, 7) is 2.24. The van der Waals surface area contributed by atoms with Crippen LogP contribution < -0.4 is 5.32 Å². The largest absolute Gasteiger partial charge is 0.353 e. The van der Waals surface area contributed by atoms with E-state index in [9.17, 15) is 4.79 Å². The molecule has 0 spiro atoms. The minimum atomic E-state index is 0.0534. The monoisotopic (exact) mass is 357 g/mol. The van der Waals surface area contributed by atoms with Crippen molar-refractivity contribution >= 4 is 5.91 Å². The molecule has 0 aliphatic heterocycles. The summed E-state index contributed by atoms with van der Waals surface area (Å²) < 4.78 is 5.19. The highest BCUT2D eigenvalue weighted by Gasteiger charge is 2.22. The Morgan fingerprint density at radius 1 is 1.19 bits per heavy atom. The van der Waals surface area contributed by atoms with Crippen molar-refractivity contribution in [3.8, 4) is 11.6 Å². The van der Waals surface area contributed by atoms with Gasteiger partial charge in [-0.3, -0.25) is 4.79 Å². The molecule has 0 atom stereocenters. The van der Waals surface area contributed by atoms with Crippen molar-refractivity contribution in [2.24, 2.45) is 5.92 Å². The maximum atomic E-state index is 12.2. The maximum Gasteiger partial charge on any atom is 0.240 e. The quantitative estimate of drug-likeness (QED) is 0.779. The van der Waals surface area contributed by atoms with Crippen molar-refractivity contribution in [2.45, 2.75) is 70.8 Å². The first kappa shape index (κ1) is 18.5. The zero-order valence-electron chi connectivity index (χ0n) is 15.4. The zero-order chi connectivity index (χ0) is 18.2. The molecule has 1 aliphatic carbocycles. The molecule has 0 bridgehead atoms. The molecule has 2 aromatic rings. The molecule has 1 aliphatic rings. The van der Waals surface area contributed by atoms with E-state index in [0.717, 1.165) is 18.8 Å². The summed E-state index contributed by atoms with van der Waals surface area (Å²) in [5, 5.41) is 7.02. The number of hydrogen-bond donors (Lipinski definition) is 1. The van der Waals surface area contributed by atoms with Crippen molar-refractivity contribution in [1.29, 1.82) is 0 Å². The SMILES string of the molecule is CCCCC1CCC(NC(=O)CCc2nc(-c3ncccn3)no2)CC1. The predicted octanol–water partition coefficient (Wildman–Crippen LogP) is 3.32. The van der Waals surface area contributed by atoms with Crippen LogP contribution in [0.1, 0.15) is 64.2 Å². The fourth-order valence-electron chi connectivity index (χ4n) is 3.47. The normalized spacial score (nSPS) is 20.0. The maximum absolute atomic E-state index is 12.2. The lowest BCUT2D eigenvalue weighted by Gasteiger charge is -2.29. The molecule has 0 radical (unpaired) electrons. The second-order valence-corrected chi connectivity index (χ2v) is 7.01. The third kappa shape index (κ3) is 5.34. The molecule has 7 nitrogen and oxygen atoms in total. The van der Waals surface area contributed by atoms with Gasteiger partial charge in [0.25, 0.3) is 0 Å². The van der Waals surface area contributed by atoms with Crippen LogP contribution in [0.25, 0.3) is 11.6 Å². The van der Waals surface area contributed by atoms with E-state index in [0.29, 0.717) is 36.4 Å². The van der Waals surface area contributed by atoms with Crippen LogP contribution in [0.4, 0.5) is 0 Å². The summed E-state index contributed by atoms with van der Waals surface area (Å²) in [7, 11) is 0. The lowest BCUT2D eigenvalue weighted by atomic mass is 9.83. The summed E-state index contributed by atoms with van der Waals surface area (Å²) in [4.78, 5) is 24.6. The van der Waals surface area contributed by atoms with Crippen molar-refractivity contribution in [1.82, 2.24) is 25.4 Å². The van der Waals surface area contributed by atoms with Gasteiger partial charge in [0.15, 0.2) is 0 Å². The Bertz CT molecular complexity index is 680. The summed E-state index contributed by atoms with van der Waals surface area (Å²) in [5.41, 5.74) is 0. The van der Waals surface area contributed by atoms with Crippen LogP contribution in [0.5, 0.6) is 0 Å². The van der Waals surface area contributed by atoms with Crippen LogP contribution in [-0.4, -0.2) is 32.1 Å². The van der Waals surface area contributed by atoms with E-state index in [4.69, 9.17) is 4.52 Å². The van der Waals surface area contributed by atoms with Gasteiger partial charge in [-0.1, -0.05) is 31.3 Å². The highest BCUT2D eigenvalue weighted by molar-refractivity contribution is 5.76. The fraction of sp³-hybridized carbons (Fsp3) is 0.632. The van der Waals surface area contributed by atoms with E-state index in [2.05, 4.69) is 32.3 Å². The van der Waals surface area contributed by atoms with Gasteiger partial charge in [-0.25, -0.2) is 9.97 Å². The van der Waals surface area contributed by atoms with Crippen LogP contribution in [0.2, 0.25) is 0 Å². The van der Waals surface area contributed by atoms with E-state index in [1.807, 2.05) is 0 Å². The van der Waals surface area contributed by atoms with Crippen molar-refractivity contribution in [3.05, 3.63) is 24.4 Å². The molecule has 1 saturated carbocycles. The molecule has 1 fully saturated rings. The van der Waals surface area contributed by atoms with Crippen LogP contribution in [0.3, 0.4) is 0 Å². The number of carbonyl (C=O) groups excluding carboxylic acids is 1.